The molecule has 0 aliphatic heterocycles. The van der Waals surface area contributed by atoms with Crippen LogP contribution in [0.2, 0.25) is 0 Å². The van der Waals surface area contributed by atoms with Crippen LogP contribution in [0.5, 0.6) is 0 Å². The number of hydrogen-bond acceptors (Lipinski definition) is 3. The van der Waals surface area contributed by atoms with Crippen LogP contribution < -0.4 is 11.1 Å². The molecule has 1 amide bonds. The number of nitrogens with one attached hydrogen (secondary N) is 1. The first kappa shape index (κ1) is 18.5. The second kappa shape index (κ2) is 7.65. The zero-order valence-electron chi connectivity index (χ0n) is 13.6. The van der Waals surface area contributed by atoms with E-state index in [0.29, 0.717) is 18.2 Å². The van der Waals surface area contributed by atoms with Gasteiger partial charge in [-0.1, -0.05) is 32.0 Å². The summed E-state index contributed by atoms with van der Waals surface area (Å²) in [6.07, 6.45) is 0.862. The minimum absolute atomic E-state index is 0. The number of furan rings is 1. The van der Waals surface area contributed by atoms with Crippen LogP contribution in [0.1, 0.15) is 41.9 Å². The third-order valence-electron chi connectivity index (χ3n) is 3.74. The monoisotopic (exact) mass is 324 g/mol. The zero-order chi connectivity index (χ0) is 15.6. The molecule has 2 aromatic rings. The number of amides is 1. The Bertz CT molecular complexity index is 649. The van der Waals surface area contributed by atoms with Gasteiger partial charge in [-0.15, -0.1) is 12.4 Å². The molecule has 1 aromatic carbocycles. The molecule has 1 aromatic heterocycles. The summed E-state index contributed by atoms with van der Waals surface area (Å²) in [5.74, 6) is 0.693. The summed E-state index contributed by atoms with van der Waals surface area (Å²) in [4.78, 5) is 12.4. The summed E-state index contributed by atoms with van der Waals surface area (Å²) in [6, 6.07) is 5.91. The van der Waals surface area contributed by atoms with Gasteiger partial charge in [0.05, 0.1) is 0 Å². The van der Waals surface area contributed by atoms with Gasteiger partial charge in [-0.2, -0.15) is 0 Å². The molecule has 0 fully saturated rings. The maximum atomic E-state index is 12.4. The van der Waals surface area contributed by atoms with Gasteiger partial charge in [-0.3, -0.25) is 4.79 Å². The number of fused-ring (bicyclic) bond motifs is 1. The Morgan fingerprint density at radius 2 is 2.00 bits per heavy atom. The lowest BCUT2D eigenvalue weighted by Crippen LogP contribution is -2.41. The van der Waals surface area contributed by atoms with Gasteiger partial charge in [0.1, 0.15) is 5.58 Å². The lowest BCUT2D eigenvalue weighted by molar-refractivity contribution is 0.0907. The van der Waals surface area contributed by atoms with Crippen LogP contribution in [0.4, 0.5) is 0 Å². The minimum Gasteiger partial charge on any atom is -0.450 e. The molecule has 122 valence electrons. The van der Waals surface area contributed by atoms with E-state index in [0.717, 1.165) is 28.5 Å². The highest BCUT2D eigenvalue weighted by molar-refractivity contribution is 5.99. The number of hydrogen-bond donors (Lipinski definition) is 2. The largest absolute Gasteiger partial charge is 0.450 e. The van der Waals surface area contributed by atoms with Gasteiger partial charge < -0.3 is 15.5 Å². The van der Waals surface area contributed by atoms with Crippen molar-refractivity contribution in [2.45, 2.75) is 40.2 Å². The standard InChI is InChI=1S/C17H24N2O2.ClH/c1-10(2)8-13(9-18)19-17(20)16-12(4)14-7-5-6-11(3)15(14)21-16;/h5-7,10,13H,8-9,18H2,1-4H3,(H,19,20);1H. The van der Waals surface area contributed by atoms with Crippen LogP contribution in [-0.4, -0.2) is 18.5 Å². The number of para-hydroxylation sites is 1. The van der Waals surface area contributed by atoms with E-state index in [9.17, 15) is 4.79 Å². The third kappa shape index (κ3) is 3.81. The lowest BCUT2D eigenvalue weighted by atomic mass is 10.0. The SMILES string of the molecule is Cc1c(C(=O)NC(CN)CC(C)C)oc2c(C)cccc12.Cl. The van der Waals surface area contributed by atoms with Crippen LogP contribution in [-0.2, 0) is 0 Å². The summed E-state index contributed by atoms with van der Waals surface area (Å²) in [6.45, 7) is 8.56. The number of nitrogens with two attached hydrogens (primary N) is 1. The van der Waals surface area contributed by atoms with E-state index in [4.69, 9.17) is 10.2 Å². The molecule has 5 heteroatoms. The highest BCUT2D eigenvalue weighted by Gasteiger charge is 2.21. The first-order valence-corrected chi connectivity index (χ1v) is 7.43. The molecule has 3 N–H and O–H groups in total. The number of aryl methyl sites for hydroxylation is 2. The van der Waals surface area contributed by atoms with E-state index in [-0.39, 0.29) is 24.4 Å². The van der Waals surface area contributed by atoms with Crippen LogP contribution >= 0.6 is 12.4 Å². The van der Waals surface area contributed by atoms with Gasteiger partial charge in [0, 0.05) is 23.5 Å². The van der Waals surface area contributed by atoms with Gasteiger partial charge in [-0.25, -0.2) is 0 Å². The van der Waals surface area contributed by atoms with Crippen LogP contribution in [0, 0.1) is 19.8 Å². The molecule has 0 bridgehead atoms. The number of carbonyl (C=O) groups excluding carboxylic acids is 1. The van der Waals surface area contributed by atoms with Crippen molar-refractivity contribution >= 4 is 29.3 Å². The molecule has 0 aliphatic rings. The number of halogens is 1. The van der Waals surface area contributed by atoms with Crippen molar-refractivity contribution in [2.24, 2.45) is 11.7 Å². The number of carbonyl (C=O) groups is 1. The normalized spacial score (nSPS) is 12.3. The fourth-order valence-corrected chi connectivity index (χ4v) is 2.63. The van der Waals surface area contributed by atoms with Crippen molar-refractivity contribution in [3.63, 3.8) is 0 Å². The Balaban J connectivity index is 0.00000242. The summed E-state index contributed by atoms with van der Waals surface area (Å²) in [5.41, 5.74) is 8.44. The van der Waals surface area contributed by atoms with Crippen molar-refractivity contribution in [3.8, 4) is 0 Å². The molecule has 1 heterocycles. The fourth-order valence-electron chi connectivity index (χ4n) is 2.63. The highest BCUT2D eigenvalue weighted by Crippen LogP contribution is 2.27. The maximum Gasteiger partial charge on any atom is 0.287 e. The fraction of sp³-hybridized carbons (Fsp3) is 0.471. The van der Waals surface area contributed by atoms with E-state index >= 15 is 0 Å². The lowest BCUT2D eigenvalue weighted by Gasteiger charge is -2.18. The first-order chi connectivity index (χ1) is 9.93. The summed E-state index contributed by atoms with van der Waals surface area (Å²) in [7, 11) is 0. The first-order valence-electron chi connectivity index (χ1n) is 7.43. The van der Waals surface area contributed by atoms with Crippen molar-refractivity contribution in [1.29, 1.82) is 0 Å². The predicted octanol–water partition coefficient (Wildman–Crippen LogP) is 3.57. The zero-order valence-corrected chi connectivity index (χ0v) is 14.4. The van der Waals surface area contributed by atoms with Crippen molar-refractivity contribution in [1.82, 2.24) is 5.32 Å². The van der Waals surface area contributed by atoms with Gasteiger partial charge in [0.15, 0.2) is 5.76 Å². The van der Waals surface area contributed by atoms with Gasteiger partial charge in [0.2, 0.25) is 0 Å². The van der Waals surface area contributed by atoms with E-state index in [2.05, 4.69) is 19.2 Å². The van der Waals surface area contributed by atoms with E-state index in [1.54, 1.807) is 0 Å². The molecule has 0 radical (unpaired) electrons. The van der Waals surface area contributed by atoms with Gasteiger partial charge in [-0.05, 0) is 31.7 Å². The second-order valence-electron chi connectivity index (χ2n) is 6.04. The minimum atomic E-state index is -0.181. The predicted molar refractivity (Wildman–Crippen MR) is 92.7 cm³/mol. The van der Waals surface area contributed by atoms with Gasteiger partial charge in [0.25, 0.3) is 5.91 Å². The molecule has 1 unspecified atom stereocenters. The molecule has 0 saturated carbocycles. The molecule has 2 rings (SSSR count). The Hall–Kier alpha value is -1.52. The summed E-state index contributed by atoms with van der Waals surface area (Å²) < 4.78 is 5.79. The molecule has 0 aliphatic carbocycles. The Labute approximate surface area is 137 Å². The number of rotatable bonds is 5. The highest BCUT2D eigenvalue weighted by atomic mass is 35.5. The van der Waals surface area contributed by atoms with Crippen molar-refractivity contribution < 1.29 is 9.21 Å². The maximum absolute atomic E-state index is 12.4. The van der Waals surface area contributed by atoms with Crippen LogP contribution in [0.25, 0.3) is 11.0 Å². The van der Waals surface area contributed by atoms with E-state index in [1.807, 2.05) is 32.0 Å². The molecule has 0 spiro atoms. The average Bonchev–Trinajstić information content (AvgIpc) is 2.77. The smallest absolute Gasteiger partial charge is 0.287 e. The van der Waals surface area contributed by atoms with Crippen molar-refractivity contribution in [3.05, 3.63) is 35.1 Å². The van der Waals surface area contributed by atoms with Crippen LogP contribution in [0.15, 0.2) is 22.6 Å². The Kier molecular flexibility index (Phi) is 6.45. The van der Waals surface area contributed by atoms with E-state index in [1.165, 1.54) is 0 Å². The van der Waals surface area contributed by atoms with Crippen LogP contribution in [0.3, 0.4) is 0 Å². The summed E-state index contributed by atoms with van der Waals surface area (Å²) in [5, 5.41) is 3.97. The Morgan fingerprint density at radius 1 is 1.32 bits per heavy atom. The molecule has 22 heavy (non-hydrogen) atoms. The topological polar surface area (TPSA) is 68.3 Å². The summed E-state index contributed by atoms with van der Waals surface area (Å²) >= 11 is 0. The molecule has 0 saturated heterocycles. The van der Waals surface area contributed by atoms with E-state index < -0.39 is 0 Å². The quantitative estimate of drug-likeness (QED) is 0.883. The second-order valence-corrected chi connectivity index (χ2v) is 6.04. The molecular weight excluding hydrogens is 300 g/mol. The van der Waals surface area contributed by atoms with Crippen molar-refractivity contribution in [2.75, 3.05) is 6.54 Å². The number of benzene rings is 1. The molecule has 4 nitrogen and oxygen atoms in total. The molecular formula is C17H25ClN2O2. The average molecular weight is 325 g/mol. The molecule has 1 atom stereocenters. The Morgan fingerprint density at radius 3 is 2.55 bits per heavy atom. The third-order valence-corrected chi connectivity index (χ3v) is 3.74. The van der Waals surface area contributed by atoms with Gasteiger partial charge >= 0.3 is 0 Å².